The van der Waals surface area contributed by atoms with E-state index in [9.17, 15) is 9.59 Å². The van der Waals surface area contributed by atoms with Gasteiger partial charge in [0.05, 0.1) is 20.8 Å². The Kier molecular flexibility index (Phi) is 3.74. The number of ether oxygens (including phenoxy) is 3. The molecule has 0 aromatic rings. The van der Waals surface area contributed by atoms with Crippen molar-refractivity contribution in [1.29, 1.82) is 0 Å². The van der Waals surface area contributed by atoms with Gasteiger partial charge in [-0.1, -0.05) is 24.3 Å². The third-order valence-corrected chi connectivity index (χ3v) is 3.39. The summed E-state index contributed by atoms with van der Waals surface area (Å²) < 4.78 is 15.2. The fraction of sp³-hybridized carbons (Fsp3) is 0.429. The molecule has 0 saturated carbocycles. The molecular formula is C14H16O5. The molecule has 2 rings (SSSR count). The molecule has 1 heterocycles. The summed E-state index contributed by atoms with van der Waals surface area (Å²) in [4.78, 5) is 24.4. The minimum atomic E-state index is -1.42. The van der Waals surface area contributed by atoms with E-state index in [4.69, 9.17) is 14.2 Å². The molecule has 0 unspecified atom stereocenters. The summed E-state index contributed by atoms with van der Waals surface area (Å²) in [5, 5.41) is 0. The number of carbonyl (C=O) groups excluding carboxylic acids is 2. The lowest BCUT2D eigenvalue weighted by Gasteiger charge is -2.34. The number of methoxy groups -OCH3 is 2. The van der Waals surface area contributed by atoms with Crippen molar-refractivity contribution in [1.82, 2.24) is 0 Å². The van der Waals surface area contributed by atoms with Crippen molar-refractivity contribution in [2.75, 3.05) is 20.8 Å². The summed E-state index contributed by atoms with van der Waals surface area (Å²) in [6, 6.07) is 0. The van der Waals surface area contributed by atoms with E-state index in [0.29, 0.717) is 17.8 Å². The molecule has 102 valence electrons. The molecule has 0 N–H and O–H groups in total. The first-order valence-corrected chi connectivity index (χ1v) is 6.03. The summed E-state index contributed by atoms with van der Waals surface area (Å²) in [6.45, 7) is 0.282. The Morgan fingerprint density at radius 2 is 1.89 bits per heavy atom. The van der Waals surface area contributed by atoms with Gasteiger partial charge in [0.2, 0.25) is 0 Å². The third-order valence-electron chi connectivity index (χ3n) is 3.39. The van der Waals surface area contributed by atoms with E-state index in [2.05, 4.69) is 0 Å². The maximum absolute atomic E-state index is 12.2. The fourth-order valence-electron chi connectivity index (χ4n) is 2.44. The van der Waals surface area contributed by atoms with Gasteiger partial charge in [-0.05, 0) is 0 Å². The van der Waals surface area contributed by atoms with E-state index in [-0.39, 0.29) is 13.0 Å². The van der Waals surface area contributed by atoms with Gasteiger partial charge in [0.1, 0.15) is 5.76 Å². The zero-order valence-electron chi connectivity index (χ0n) is 11.0. The molecule has 0 amide bonds. The van der Waals surface area contributed by atoms with Gasteiger partial charge in [-0.3, -0.25) is 9.59 Å². The lowest BCUT2D eigenvalue weighted by atomic mass is 9.75. The van der Waals surface area contributed by atoms with E-state index in [1.807, 2.05) is 12.2 Å². The van der Waals surface area contributed by atoms with Crippen LogP contribution in [0.1, 0.15) is 12.8 Å². The van der Waals surface area contributed by atoms with Crippen molar-refractivity contribution in [3.63, 3.8) is 0 Å². The Morgan fingerprint density at radius 1 is 1.21 bits per heavy atom. The zero-order chi connectivity index (χ0) is 13.9. The summed E-state index contributed by atoms with van der Waals surface area (Å²) >= 11 is 0. The average Bonchev–Trinajstić information content (AvgIpc) is 2.70. The van der Waals surface area contributed by atoms with Crippen molar-refractivity contribution in [2.24, 2.45) is 5.41 Å². The first-order chi connectivity index (χ1) is 9.16. The van der Waals surface area contributed by atoms with Gasteiger partial charge >= 0.3 is 11.9 Å². The smallest absolute Gasteiger partial charge is 0.328 e. The zero-order valence-corrected chi connectivity index (χ0v) is 11.0. The molecule has 0 spiro atoms. The first kappa shape index (κ1) is 13.4. The molecule has 0 fully saturated rings. The quantitative estimate of drug-likeness (QED) is 0.559. The van der Waals surface area contributed by atoms with Crippen molar-refractivity contribution in [3.05, 3.63) is 35.6 Å². The predicted octanol–water partition coefficient (Wildman–Crippen LogP) is 1.51. The molecule has 5 nitrogen and oxygen atoms in total. The van der Waals surface area contributed by atoms with E-state index in [1.54, 1.807) is 12.2 Å². The van der Waals surface area contributed by atoms with Gasteiger partial charge < -0.3 is 14.2 Å². The summed E-state index contributed by atoms with van der Waals surface area (Å²) in [5.74, 6) is -0.601. The SMILES string of the molecule is COC(=O)C1(C(=O)OC)CCOC2=C1C=CC=CC2. The highest BCUT2D eigenvalue weighted by Gasteiger charge is 2.54. The van der Waals surface area contributed by atoms with E-state index < -0.39 is 17.4 Å². The summed E-state index contributed by atoms with van der Waals surface area (Å²) in [6.07, 6.45) is 8.00. The number of carbonyl (C=O) groups is 2. The van der Waals surface area contributed by atoms with Gasteiger partial charge in [-0.15, -0.1) is 0 Å². The number of rotatable bonds is 2. The molecule has 0 atom stereocenters. The average molecular weight is 264 g/mol. The van der Waals surface area contributed by atoms with Crippen LogP contribution in [-0.4, -0.2) is 32.8 Å². The highest BCUT2D eigenvalue weighted by Crippen LogP contribution is 2.42. The molecule has 0 bridgehead atoms. The van der Waals surface area contributed by atoms with Gasteiger partial charge in [0.15, 0.2) is 5.41 Å². The number of hydrogen-bond donors (Lipinski definition) is 0. The fourth-order valence-corrected chi connectivity index (χ4v) is 2.44. The van der Waals surface area contributed by atoms with Crippen molar-refractivity contribution in [3.8, 4) is 0 Å². The van der Waals surface area contributed by atoms with Crippen LogP contribution < -0.4 is 0 Å². The van der Waals surface area contributed by atoms with E-state index in [0.717, 1.165) is 0 Å². The minimum Gasteiger partial charge on any atom is -0.497 e. The Balaban J connectivity index is 2.58. The number of hydrogen-bond acceptors (Lipinski definition) is 5. The normalized spacial score (nSPS) is 20.1. The standard InChI is InChI=1S/C14H16O5/c1-17-12(15)14(13(16)18-2)8-9-19-11-7-5-3-4-6-10(11)14/h3-6H,7-9H2,1-2H3. The minimum absolute atomic E-state index is 0.218. The van der Waals surface area contributed by atoms with Gasteiger partial charge in [0.25, 0.3) is 0 Å². The molecule has 0 radical (unpaired) electrons. The van der Waals surface area contributed by atoms with Crippen molar-refractivity contribution < 1.29 is 23.8 Å². The predicted molar refractivity (Wildman–Crippen MR) is 67.0 cm³/mol. The van der Waals surface area contributed by atoms with Crippen LogP contribution in [0.2, 0.25) is 0 Å². The molecule has 1 aliphatic heterocycles. The summed E-state index contributed by atoms with van der Waals surface area (Å²) in [7, 11) is 2.53. The van der Waals surface area contributed by atoms with Crippen LogP contribution in [0, 0.1) is 5.41 Å². The highest BCUT2D eigenvalue weighted by molar-refractivity contribution is 6.04. The Bertz CT molecular complexity index is 468. The van der Waals surface area contributed by atoms with Crippen molar-refractivity contribution >= 4 is 11.9 Å². The molecule has 5 heteroatoms. The van der Waals surface area contributed by atoms with Crippen LogP contribution in [0.4, 0.5) is 0 Å². The molecule has 0 saturated heterocycles. The van der Waals surface area contributed by atoms with Gasteiger partial charge in [-0.2, -0.15) is 0 Å². The van der Waals surface area contributed by atoms with Crippen LogP contribution in [0.15, 0.2) is 35.6 Å². The van der Waals surface area contributed by atoms with Crippen LogP contribution in [-0.2, 0) is 23.8 Å². The maximum atomic E-state index is 12.2. The first-order valence-electron chi connectivity index (χ1n) is 6.03. The second kappa shape index (κ2) is 5.30. The lowest BCUT2D eigenvalue weighted by molar-refractivity contribution is -0.168. The Labute approximate surface area is 111 Å². The Morgan fingerprint density at radius 3 is 2.53 bits per heavy atom. The third kappa shape index (κ3) is 2.05. The molecule has 1 aliphatic carbocycles. The van der Waals surface area contributed by atoms with Gasteiger partial charge in [0, 0.05) is 18.4 Å². The topological polar surface area (TPSA) is 61.8 Å². The van der Waals surface area contributed by atoms with Crippen LogP contribution in [0.5, 0.6) is 0 Å². The molecule has 0 aromatic carbocycles. The van der Waals surface area contributed by atoms with E-state index >= 15 is 0 Å². The van der Waals surface area contributed by atoms with Crippen LogP contribution >= 0.6 is 0 Å². The van der Waals surface area contributed by atoms with Gasteiger partial charge in [-0.25, -0.2) is 0 Å². The molecule has 2 aliphatic rings. The van der Waals surface area contributed by atoms with Crippen LogP contribution in [0.25, 0.3) is 0 Å². The maximum Gasteiger partial charge on any atom is 0.328 e. The largest absolute Gasteiger partial charge is 0.497 e. The Hall–Kier alpha value is -2.04. The number of esters is 2. The molecule has 0 aromatic heterocycles. The molecular weight excluding hydrogens is 248 g/mol. The summed E-state index contributed by atoms with van der Waals surface area (Å²) in [5.41, 5.74) is -0.887. The van der Waals surface area contributed by atoms with Crippen LogP contribution in [0.3, 0.4) is 0 Å². The van der Waals surface area contributed by atoms with E-state index in [1.165, 1.54) is 14.2 Å². The lowest BCUT2D eigenvalue weighted by Crippen LogP contribution is -2.46. The monoisotopic (exact) mass is 264 g/mol. The van der Waals surface area contributed by atoms with Crippen molar-refractivity contribution in [2.45, 2.75) is 12.8 Å². The number of allylic oxidation sites excluding steroid dienone is 4. The second-order valence-corrected chi connectivity index (χ2v) is 4.32. The molecule has 19 heavy (non-hydrogen) atoms. The highest BCUT2D eigenvalue weighted by atomic mass is 16.5. The second-order valence-electron chi connectivity index (χ2n) is 4.32.